The van der Waals surface area contributed by atoms with E-state index in [-0.39, 0.29) is 49.0 Å². The number of fused-ring (bicyclic) bond motifs is 5. The highest BCUT2D eigenvalue weighted by molar-refractivity contribution is 6.02. The first-order valence-electron chi connectivity index (χ1n) is 18.4. The standard InChI is InChI=1S/C41H60O9/c1-23(2)28-20-32(42)26(5)12-10-11-24(3)18-33(43)31-19-27(6)29-21-36(46)40(8,48)37-15-16-39(7,50-37)35(45)14-13-25(4)17-30(29)41(31,22-34(28)44)38(47)49-9/h12,17-18,23,28,30-31,35-37,45-46,48H,10-11,13-16,19-22H2,1-9H3/b24-18-,25-17-,26-12-/t28-,30-,31+,35-,36-,37-,39+,40-,41-/m0/s1. The highest BCUT2D eigenvalue weighted by Gasteiger charge is 2.60. The number of methoxy groups -OCH3 is 1. The van der Waals surface area contributed by atoms with Crippen LogP contribution in [0.3, 0.4) is 0 Å². The first-order chi connectivity index (χ1) is 23.3. The van der Waals surface area contributed by atoms with Crippen molar-refractivity contribution < 1.29 is 44.0 Å². The second-order valence-corrected chi connectivity index (χ2v) is 16.5. The number of aliphatic hydroxyl groups excluding tert-OH is 2. The number of hydrogen-bond acceptors (Lipinski definition) is 9. The molecule has 0 radical (unpaired) electrons. The van der Waals surface area contributed by atoms with E-state index in [1.807, 2.05) is 53.7 Å². The highest BCUT2D eigenvalue weighted by atomic mass is 16.5. The Kier molecular flexibility index (Phi) is 12.4. The number of esters is 1. The number of Topliss-reactive ketones (excluding diaryl/α,β-unsaturated/α-hetero) is 2. The molecule has 0 aromatic carbocycles. The average Bonchev–Trinajstić information content (AvgIpc) is 3.47. The summed E-state index contributed by atoms with van der Waals surface area (Å²) in [6, 6.07) is 0. The molecule has 50 heavy (non-hydrogen) atoms. The van der Waals surface area contributed by atoms with E-state index in [0.717, 1.165) is 16.7 Å². The van der Waals surface area contributed by atoms with Crippen LogP contribution in [0.5, 0.6) is 0 Å². The SMILES string of the molecule is COC(=O)[C@]12CC(=O)[C@H](C(C)C)CC(=O)/C(C)=C\CC/C(C)=C\C(=O)[C@H]1CC(C)=C1C[C@H](O)[C@](C)(O)[C@@H]3CC[C@@](C)(O3)[C@@H](O)CC/C(C)=C\[C@@H]12. The third kappa shape index (κ3) is 7.86. The quantitative estimate of drug-likeness (QED) is 0.231. The zero-order chi connectivity index (χ0) is 37.3. The minimum atomic E-state index is -1.71. The molecule has 0 unspecified atom stereocenters. The Morgan fingerprint density at radius 1 is 0.960 bits per heavy atom. The van der Waals surface area contributed by atoms with Crippen molar-refractivity contribution in [2.45, 2.75) is 149 Å². The minimum absolute atomic E-state index is 0.00952. The molecule has 9 nitrogen and oxygen atoms in total. The smallest absolute Gasteiger partial charge is 0.313 e. The first-order valence-corrected chi connectivity index (χ1v) is 18.4. The third-order valence-corrected chi connectivity index (χ3v) is 12.4. The van der Waals surface area contributed by atoms with Gasteiger partial charge in [0.15, 0.2) is 11.6 Å². The van der Waals surface area contributed by atoms with Crippen LogP contribution in [-0.4, -0.2) is 75.3 Å². The van der Waals surface area contributed by atoms with Crippen molar-refractivity contribution in [3.63, 3.8) is 0 Å². The monoisotopic (exact) mass is 696 g/mol. The zero-order valence-electron chi connectivity index (χ0n) is 31.6. The molecule has 2 aliphatic carbocycles. The van der Waals surface area contributed by atoms with Crippen molar-refractivity contribution in [2.75, 3.05) is 7.11 Å². The Morgan fingerprint density at radius 2 is 1.64 bits per heavy atom. The maximum absolute atomic E-state index is 14.6. The number of aliphatic hydroxyl groups is 3. The van der Waals surface area contributed by atoms with Gasteiger partial charge in [0, 0.05) is 30.6 Å². The summed E-state index contributed by atoms with van der Waals surface area (Å²) in [5.74, 6) is -4.13. The lowest BCUT2D eigenvalue weighted by atomic mass is 9.53. The van der Waals surface area contributed by atoms with E-state index >= 15 is 0 Å². The van der Waals surface area contributed by atoms with Crippen molar-refractivity contribution in [3.05, 3.63) is 46.1 Å². The summed E-state index contributed by atoms with van der Waals surface area (Å²) in [7, 11) is 1.26. The van der Waals surface area contributed by atoms with Gasteiger partial charge in [0.25, 0.3) is 0 Å². The zero-order valence-corrected chi connectivity index (χ0v) is 31.6. The van der Waals surface area contributed by atoms with E-state index in [9.17, 15) is 34.5 Å². The van der Waals surface area contributed by atoms with Crippen LogP contribution in [0.25, 0.3) is 0 Å². The second kappa shape index (κ2) is 15.5. The summed E-state index contributed by atoms with van der Waals surface area (Å²) in [5, 5.41) is 35.0. The van der Waals surface area contributed by atoms with Crippen LogP contribution in [-0.2, 0) is 28.7 Å². The van der Waals surface area contributed by atoms with Crippen molar-refractivity contribution in [2.24, 2.45) is 29.1 Å². The molecule has 4 rings (SSSR count). The Hall–Kier alpha value is -2.72. The normalized spacial score (nSPS) is 41.5. The van der Waals surface area contributed by atoms with Gasteiger partial charge in [-0.3, -0.25) is 19.2 Å². The molecule has 0 saturated carbocycles. The van der Waals surface area contributed by atoms with Crippen LogP contribution >= 0.6 is 0 Å². The summed E-state index contributed by atoms with van der Waals surface area (Å²) in [5.41, 5.74) is -0.648. The number of ether oxygens (including phenoxy) is 2. The molecule has 4 aliphatic rings. The molecule has 1 fully saturated rings. The number of rotatable bonds is 2. The Labute approximate surface area is 298 Å². The van der Waals surface area contributed by atoms with E-state index in [0.29, 0.717) is 49.7 Å². The lowest BCUT2D eigenvalue weighted by Gasteiger charge is -2.48. The number of hydrogen-bond donors (Lipinski definition) is 3. The van der Waals surface area contributed by atoms with Gasteiger partial charge < -0.3 is 24.8 Å². The van der Waals surface area contributed by atoms with Crippen molar-refractivity contribution in [1.82, 2.24) is 0 Å². The number of carbonyl (C=O) groups excluding carboxylic acids is 4. The van der Waals surface area contributed by atoms with Gasteiger partial charge in [-0.1, -0.05) is 48.3 Å². The summed E-state index contributed by atoms with van der Waals surface area (Å²) in [4.78, 5) is 57.1. The fourth-order valence-corrected chi connectivity index (χ4v) is 8.81. The van der Waals surface area contributed by atoms with E-state index < -0.39 is 58.7 Å². The average molecular weight is 697 g/mol. The Morgan fingerprint density at radius 3 is 2.28 bits per heavy atom. The molecule has 0 amide bonds. The lowest BCUT2D eigenvalue weighted by molar-refractivity contribution is -0.188. The minimum Gasteiger partial charge on any atom is -0.469 e. The summed E-state index contributed by atoms with van der Waals surface area (Å²) >= 11 is 0. The van der Waals surface area contributed by atoms with Gasteiger partial charge in [0.2, 0.25) is 0 Å². The molecule has 2 aliphatic heterocycles. The van der Waals surface area contributed by atoms with Gasteiger partial charge in [-0.15, -0.1) is 0 Å². The molecule has 3 N–H and O–H groups in total. The van der Waals surface area contributed by atoms with Crippen LogP contribution in [0.1, 0.15) is 120 Å². The lowest BCUT2D eigenvalue weighted by Crippen LogP contribution is -2.55. The predicted octanol–water partition coefficient (Wildman–Crippen LogP) is 6.09. The topological polar surface area (TPSA) is 147 Å². The Bertz CT molecular complexity index is 1480. The summed E-state index contributed by atoms with van der Waals surface area (Å²) in [6.45, 7) is 14.5. The molecule has 0 aromatic rings. The van der Waals surface area contributed by atoms with E-state index in [4.69, 9.17) is 9.47 Å². The first kappa shape index (κ1) is 40.1. The van der Waals surface area contributed by atoms with Gasteiger partial charge in [0.1, 0.15) is 11.4 Å². The summed E-state index contributed by atoms with van der Waals surface area (Å²) < 4.78 is 11.9. The summed E-state index contributed by atoms with van der Waals surface area (Å²) in [6.07, 6.45) is 5.05. The predicted molar refractivity (Wildman–Crippen MR) is 191 cm³/mol. The molecule has 0 spiro atoms. The van der Waals surface area contributed by atoms with Gasteiger partial charge in [-0.25, -0.2) is 0 Å². The van der Waals surface area contributed by atoms with Crippen LogP contribution in [0.15, 0.2) is 46.1 Å². The number of allylic oxidation sites excluding steroid dienone is 7. The highest BCUT2D eigenvalue weighted by Crippen LogP contribution is 2.55. The largest absolute Gasteiger partial charge is 0.469 e. The van der Waals surface area contributed by atoms with Gasteiger partial charge in [-0.05, 0) is 110 Å². The molecule has 9 heteroatoms. The van der Waals surface area contributed by atoms with Crippen LogP contribution in [0.4, 0.5) is 0 Å². The molecular weight excluding hydrogens is 636 g/mol. The third-order valence-electron chi connectivity index (χ3n) is 12.4. The van der Waals surface area contributed by atoms with Crippen molar-refractivity contribution in [1.29, 1.82) is 0 Å². The molecule has 2 heterocycles. The molecule has 9 atom stereocenters. The second-order valence-electron chi connectivity index (χ2n) is 16.5. The van der Waals surface area contributed by atoms with Crippen LogP contribution in [0, 0.1) is 29.1 Å². The van der Waals surface area contributed by atoms with Crippen molar-refractivity contribution in [3.8, 4) is 0 Å². The maximum Gasteiger partial charge on any atom is 0.313 e. The maximum atomic E-state index is 14.6. The van der Waals surface area contributed by atoms with E-state index in [2.05, 4.69) is 0 Å². The molecule has 1 saturated heterocycles. The molecule has 2 bridgehead atoms. The Balaban J connectivity index is 2.00. The number of carbonyl (C=O) groups is 4. The fourth-order valence-electron chi connectivity index (χ4n) is 8.81. The number of ketones is 3. The van der Waals surface area contributed by atoms with E-state index in [1.54, 1.807) is 13.0 Å². The molecule has 278 valence electrons. The van der Waals surface area contributed by atoms with Crippen LogP contribution < -0.4 is 0 Å². The molecule has 0 aromatic heterocycles. The van der Waals surface area contributed by atoms with Crippen LogP contribution in [0.2, 0.25) is 0 Å². The van der Waals surface area contributed by atoms with Gasteiger partial charge in [-0.2, -0.15) is 0 Å². The molecular formula is C41H60O9. The van der Waals surface area contributed by atoms with E-state index in [1.165, 1.54) is 14.0 Å². The fraction of sp³-hybridized carbons (Fsp3) is 0.707. The van der Waals surface area contributed by atoms with Crippen molar-refractivity contribution >= 4 is 23.3 Å². The van der Waals surface area contributed by atoms with Gasteiger partial charge in [0.05, 0.1) is 36.4 Å². The van der Waals surface area contributed by atoms with Gasteiger partial charge >= 0.3 is 5.97 Å².